The van der Waals surface area contributed by atoms with Crippen molar-refractivity contribution in [3.05, 3.63) is 23.9 Å². The van der Waals surface area contributed by atoms with Gasteiger partial charge in [0.15, 0.2) is 0 Å². The van der Waals surface area contributed by atoms with E-state index in [-0.39, 0.29) is 17.2 Å². The molecule has 0 radical (unpaired) electrons. The van der Waals surface area contributed by atoms with Gasteiger partial charge in [-0.15, -0.1) is 0 Å². The van der Waals surface area contributed by atoms with E-state index < -0.39 is 0 Å². The van der Waals surface area contributed by atoms with Crippen molar-refractivity contribution in [1.29, 1.82) is 0 Å². The van der Waals surface area contributed by atoms with Gasteiger partial charge >= 0.3 is 0 Å². The fraction of sp³-hybridized carbons (Fsp3) is 0.615. The van der Waals surface area contributed by atoms with Gasteiger partial charge < -0.3 is 11.1 Å². The van der Waals surface area contributed by atoms with Crippen LogP contribution in [0, 0.1) is 17.3 Å². The molecule has 2 aliphatic rings. The summed E-state index contributed by atoms with van der Waals surface area (Å²) in [4.78, 5) is 12.2. The molecule has 1 aliphatic heterocycles. The molecule has 2 rings (SSSR count). The number of amides is 1. The van der Waals surface area contributed by atoms with Crippen LogP contribution in [0.3, 0.4) is 0 Å². The van der Waals surface area contributed by atoms with E-state index in [2.05, 4.69) is 25.2 Å². The summed E-state index contributed by atoms with van der Waals surface area (Å²) in [5.41, 5.74) is 6.63. The second kappa shape index (κ2) is 4.06. The SMILES string of the molecule is CCC1(CC)C(=O)NC2=CC=CC(CN)C21. The number of rotatable bonds is 3. The minimum atomic E-state index is -0.249. The van der Waals surface area contributed by atoms with Crippen LogP contribution < -0.4 is 11.1 Å². The minimum absolute atomic E-state index is 0.177. The molecule has 2 unspecified atom stereocenters. The fourth-order valence-electron chi connectivity index (χ4n) is 3.20. The normalized spacial score (nSPS) is 30.9. The van der Waals surface area contributed by atoms with Gasteiger partial charge in [-0.3, -0.25) is 4.79 Å². The largest absolute Gasteiger partial charge is 0.330 e. The first-order valence-electron chi connectivity index (χ1n) is 6.09. The Morgan fingerprint density at radius 3 is 2.69 bits per heavy atom. The molecule has 0 aromatic rings. The molecule has 0 bridgehead atoms. The Bertz CT molecular complexity index is 353. The van der Waals surface area contributed by atoms with E-state index in [0.717, 1.165) is 18.5 Å². The van der Waals surface area contributed by atoms with E-state index in [1.807, 2.05) is 12.2 Å². The maximum Gasteiger partial charge on any atom is 0.231 e. The van der Waals surface area contributed by atoms with Crippen molar-refractivity contribution in [3.8, 4) is 0 Å². The lowest BCUT2D eigenvalue weighted by atomic mass is 9.66. The molecular formula is C13H20N2O. The average Bonchev–Trinajstić information content (AvgIpc) is 2.61. The molecular weight excluding hydrogens is 200 g/mol. The number of nitrogens with two attached hydrogens (primary N) is 1. The van der Waals surface area contributed by atoms with E-state index in [0.29, 0.717) is 12.5 Å². The number of fused-ring (bicyclic) bond motifs is 1. The zero-order valence-corrected chi connectivity index (χ0v) is 9.99. The predicted octanol–water partition coefficient (Wildman–Crippen LogP) is 1.57. The summed E-state index contributed by atoms with van der Waals surface area (Å²) in [6.07, 6.45) is 7.91. The van der Waals surface area contributed by atoms with Crippen molar-refractivity contribution in [2.24, 2.45) is 23.0 Å². The van der Waals surface area contributed by atoms with Crippen LogP contribution in [0.25, 0.3) is 0 Å². The van der Waals surface area contributed by atoms with Crippen molar-refractivity contribution in [2.75, 3.05) is 6.54 Å². The minimum Gasteiger partial charge on any atom is -0.330 e. The molecule has 2 atom stereocenters. The van der Waals surface area contributed by atoms with Crippen LogP contribution in [0.15, 0.2) is 23.9 Å². The highest BCUT2D eigenvalue weighted by Gasteiger charge is 2.52. The lowest BCUT2D eigenvalue weighted by Gasteiger charge is -2.35. The second-order valence-corrected chi connectivity index (χ2v) is 4.70. The first-order valence-corrected chi connectivity index (χ1v) is 6.09. The van der Waals surface area contributed by atoms with Gasteiger partial charge in [-0.1, -0.05) is 26.0 Å². The molecule has 88 valence electrons. The van der Waals surface area contributed by atoms with Crippen LogP contribution in [0.2, 0.25) is 0 Å². The Balaban J connectivity index is 2.43. The molecule has 1 saturated heterocycles. The highest BCUT2D eigenvalue weighted by Crippen LogP contribution is 2.49. The first-order chi connectivity index (χ1) is 7.69. The third-order valence-corrected chi connectivity index (χ3v) is 4.24. The Labute approximate surface area is 96.8 Å². The maximum atomic E-state index is 12.2. The van der Waals surface area contributed by atoms with Crippen molar-refractivity contribution in [2.45, 2.75) is 26.7 Å². The summed E-state index contributed by atoms with van der Waals surface area (Å²) in [6.45, 7) is 4.80. The van der Waals surface area contributed by atoms with Gasteiger partial charge in [0.25, 0.3) is 0 Å². The zero-order chi connectivity index (χ0) is 11.8. The van der Waals surface area contributed by atoms with Crippen molar-refractivity contribution >= 4 is 5.91 Å². The van der Waals surface area contributed by atoms with Crippen molar-refractivity contribution in [3.63, 3.8) is 0 Å². The van der Waals surface area contributed by atoms with Crippen molar-refractivity contribution in [1.82, 2.24) is 5.32 Å². The summed E-state index contributed by atoms with van der Waals surface area (Å²) in [5, 5.41) is 3.03. The van der Waals surface area contributed by atoms with Crippen LogP contribution in [-0.4, -0.2) is 12.5 Å². The van der Waals surface area contributed by atoms with E-state index in [4.69, 9.17) is 5.73 Å². The van der Waals surface area contributed by atoms with Crippen LogP contribution in [0.1, 0.15) is 26.7 Å². The van der Waals surface area contributed by atoms with Crippen LogP contribution >= 0.6 is 0 Å². The molecule has 0 saturated carbocycles. The second-order valence-electron chi connectivity index (χ2n) is 4.70. The molecule has 3 heteroatoms. The van der Waals surface area contributed by atoms with Gasteiger partial charge in [0, 0.05) is 11.6 Å². The number of nitrogens with one attached hydrogen (secondary N) is 1. The topological polar surface area (TPSA) is 55.1 Å². The molecule has 3 N–H and O–H groups in total. The zero-order valence-electron chi connectivity index (χ0n) is 9.99. The van der Waals surface area contributed by atoms with Crippen molar-refractivity contribution < 1.29 is 4.79 Å². The number of carbonyl (C=O) groups excluding carboxylic acids is 1. The van der Waals surface area contributed by atoms with Gasteiger partial charge in [0.1, 0.15) is 0 Å². The van der Waals surface area contributed by atoms with Crippen LogP contribution in [0.4, 0.5) is 0 Å². The standard InChI is InChI=1S/C13H20N2O/c1-3-13(4-2)11-9(8-14)6-5-7-10(11)15-12(13)16/h5-7,9,11H,3-4,8,14H2,1-2H3,(H,15,16). The molecule has 1 aliphatic carbocycles. The van der Waals surface area contributed by atoms with Gasteiger partial charge in [0.05, 0.1) is 5.41 Å². The van der Waals surface area contributed by atoms with Gasteiger partial charge in [0.2, 0.25) is 5.91 Å². The predicted molar refractivity (Wildman–Crippen MR) is 64.4 cm³/mol. The van der Waals surface area contributed by atoms with Gasteiger partial charge in [-0.25, -0.2) is 0 Å². The highest BCUT2D eigenvalue weighted by atomic mass is 16.2. The molecule has 0 spiro atoms. The highest BCUT2D eigenvalue weighted by molar-refractivity contribution is 5.88. The molecule has 0 aromatic carbocycles. The number of hydrogen-bond acceptors (Lipinski definition) is 2. The van der Waals surface area contributed by atoms with E-state index >= 15 is 0 Å². The third-order valence-electron chi connectivity index (χ3n) is 4.24. The summed E-state index contributed by atoms with van der Waals surface area (Å²) in [5.74, 6) is 0.722. The first kappa shape index (κ1) is 11.4. The Morgan fingerprint density at radius 2 is 2.12 bits per heavy atom. The maximum absolute atomic E-state index is 12.2. The summed E-state index contributed by atoms with van der Waals surface area (Å²) in [6, 6.07) is 0. The Hall–Kier alpha value is -1.09. The summed E-state index contributed by atoms with van der Waals surface area (Å²) < 4.78 is 0. The lowest BCUT2D eigenvalue weighted by Crippen LogP contribution is -2.38. The van der Waals surface area contributed by atoms with Gasteiger partial charge in [-0.05, 0) is 31.4 Å². The van der Waals surface area contributed by atoms with E-state index in [1.54, 1.807) is 0 Å². The van der Waals surface area contributed by atoms with E-state index in [1.165, 1.54) is 0 Å². The molecule has 1 amide bonds. The molecule has 3 nitrogen and oxygen atoms in total. The third kappa shape index (κ3) is 1.34. The monoisotopic (exact) mass is 220 g/mol. The number of carbonyl (C=O) groups is 1. The number of allylic oxidation sites excluding steroid dienone is 3. The molecule has 1 heterocycles. The van der Waals surface area contributed by atoms with Crippen LogP contribution in [-0.2, 0) is 4.79 Å². The fourth-order valence-corrected chi connectivity index (χ4v) is 3.20. The Kier molecular flexibility index (Phi) is 2.89. The average molecular weight is 220 g/mol. The van der Waals surface area contributed by atoms with Gasteiger partial charge in [-0.2, -0.15) is 0 Å². The lowest BCUT2D eigenvalue weighted by molar-refractivity contribution is -0.129. The van der Waals surface area contributed by atoms with E-state index in [9.17, 15) is 4.79 Å². The summed E-state index contributed by atoms with van der Waals surface area (Å²) in [7, 11) is 0. The quantitative estimate of drug-likeness (QED) is 0.758. The Morgan fingerprint density at radius 1 is 1.44 bits per heavy atom. The molecule has 1 fully saturated rings. The smallest absolute Gasteiger partial charge is 0.231 e. The summed E-state index contributed by atoms with van der Waals surface area (Å²) >= 11 is 0. The molecule has 16 heavy (non-hydrogen) atoms. The van der Waals surface area contributed by atoms with Crippen LogP contribution in [0.5, 0.6) is 0 Å². The molecule has 0 aromatic heterocycles. The number of hydrogen-bond donors (Lipinski definition) is 2.